The van der Waals surface area contributed by atoms with Crippen LogP contribution >= 0.6 is 11.8 Å². The van der Waals surface area contributed by atoms with E-state index in [1.165, 1.54) is 0 Å². The molecule has 0 radical (unpaired) electrons. The lowest BCUT2D eigenvalue weighted by Crippen LogP contribution is -2.27. The third kappa shape index (κ3) is 5.66. The van der Waals surface area contributed by atoms with Gasteiger partial charge >= 0.3 is 0 Å². The normalized spacial score (nSPS) is 12.3. The summed E-state index contributed by atoms with van der Waals surface area (Å²) in [6.07, 6.45) is 2.79. The molecule has 1 aliphatic heterocycles. The maximum Gasteiger partial charge on any atom is 0.251 e. The third-order valence-corrected chi connectivity index (χ3v) is 5.95. The minimum Gasteiger partial charge on any atom is -0.454 e. The summed E-state index contributed by atoms with van der Waals surface area (Å²) in [5, 5.41) is 12.3. The smallest absolute Gasteiger partial charge is 0.251 e. The number of hydrogen-bond donors (Lipinski definition) is 2. The highest BCUT2D eigenvalue weighted by atomic mass is 32.2. The number of carbonyl (C=O) groups excluding carboxylic acids is 1. The van der Waals surface area contributed by atoms with Crippen LogP contribution in [0.4, 0.5) is 5.82 Å². The summed E-state index contributed by atoms with van der Waals surface area (Å²) in [5.74, 6) is 2.73. The number of anilines is 1. The first-order chi connectivity index (χ1) is 16.2. The van der Waals surface area contributed by atoms with Crippen molar-refractivity contribution in [1.29, 1.82) is 0 Å². The number of amides is 1. The van der Waals surface area contributed by atoms with Crippen molar-refractivity contribution in [3.05, 3.63) is 30.0 Å². The molecule has 11 heteroatoms. The lowest BCUT2D eigenvalue weighted by molar-refractivity contribution is 0.0951. The topological polar surface area (TPSA) is 112 Å². The zero-order valence-electron chi connectivity index (χ0n) is 18.8. The van der Waals surface area contributed by atoms with E-state index in [1.54, 1.807) is 40.8 Å². The number of nitrogens with zero attached hydrogens (tertiary/aromatic N) is 4. The van der Waals surface area contributed by atoms with E-state index in [9.17, 15) is 4.79 Å². The fourth-order valence-electron chi connectivity index (χ4n) is 3.29. The first-order valence-corrected chi connectivity index (χ1v) is 12.0. The SMILES string of the molecule is CCCSc1nc(NCCOCC)c2cnn(CCNC(=O)c3ccc4c(c3)OCO4)c2n1. The Kier molecular flexibility index (Phi) is 7.84. The van der Waals surface area contributed by atoms with E-state index in [4.69, 9.17) is 19.2 Å². The molecule has 1 aliphatic rings. The van der Waals surface area contributed by atoms with Gasteiger partial charge in [0.15, 0.2) is 22.3 Å². The van der Waals surface area contributed by atoms with Gasteiger partial charge in [0.05, 0.1) is 24.7 Å². The minimum atomic E-state index is -0.183. The van der Waals surface area contributed by atoms with Gasteiger partial charge in [0.25, 0.3) is 5.91 Å². The monoisotopic (exact) mass is 472 g/mol. The molecule has 0 fully saturated rings. The van der Waals surface area contributed by atoms with Gasteiger partial charge in [-0.3, -0.25) is 4.79 Å². The molecule has 0 saturated heterocycles. The van der Waals surface area contributed by atoms with Crippen molar-refractivity contribution < 1.29 is 19.0 Å². The molecule has 176 valence electrons. The van der Waals surface area contributed by atoms with Crippen LogP contribution in [0, 0.1) is 0 Å². The molecule has 33 heavy (non-hydrogen) atoms. The van der Waals surface area contributed by atoms with Gasteiger partial charge in [-0.15, -0.1) is 0 Å². The van der Waals surface area contributed by atoms with E-state index >= 15 is 0 Å². The Labute approximate surface area is 196 Å². The van der Waals surface area contributed by atoms with Crippen LogP contribution in [-0.2, 0) is 11.3 Å². The maximum absolute atomic E-state index is 12.5. The van der Waals surface area contributed by atoms with Crippen molar-refractivity contribution in [2.24, 2.45) is 0 Å². The Morgan fingerprint density at radius 3 is 2.94 bits per heavy atom. The summed E-state index contributed by atoms with van der Waals surface area (Å²) in [4.78, 5) is 21.9. The van der Waals surface area contributed by atoms with Crippen molar-refractivity contribution in [2.45, 2.75) is 32.0 Å². The number of benzene rings is 1. The second-order valence-electron chi connectivity index (χ2n) is 7.26. The Bertz CT molecular complexity index is 1110. The van der Waals surface area contributed by atoms with Crippen molar-refractivity contribution in [3.8, 4) is 11.5 Å². The first kappa shape index (κ1) is 23.1. The average molecular weight is 473 g/mol. The van der Waals surface area contributed by atoms with Crippen LogP contribution < -0.4 is 20.1 Å². The zero-order valence-corrected chi connectivity index (χ0v) is 19.6. The Morgan fingerprint density at radius 2 is 2.09 bits per heavy atom. The Balaban J connectivity index is 1.43. The molecule has 4 rings (SSSR count). The molecule has 0 bridgehead atoms. The number of thioether (sulfide) groups is 1. The summed E-state index contributed by atoms with van der Waals surface area (Å²) < 4.78 is 17.8. The van der Waals surface area contributed by atoms with Crippen molar-refractivity contribution in [2.75, 3.05) is 44.2 Å². The lowest BCUT2D eigenvalue weighted by Gasteiger charge is -2.10. The number of fused-ring (bicyclic) bond motifs is 2. The molecule has 2 aromatic heterocycles. The second kappa shape index (κ2) is 11.2. The molecule has 0 aliphatic carbocycles. The minimum absolute atomic E-state index is 0.176. The van der Waals surface area contributed by atoms with E-state index in [-0.39, 0.29) is 12.7 Å². The third-order valence-electron chi connectivity index (χ3n) is 4.90. The van der Waals surface area contributed by atoms with Crippen LogP contribution in [0.15, 0.2) is 29.6 Å². The zero-order chi connectivity index (χ0) is 23.0. The number of carbonyl (C=O) groups is 1. The molecule has 2 N–H and O–H groups in total. The molecule has 3 heterocycles. The van der Waals surface area contributed by atoms with Gasteiger partial charge in [0, 0.05) is 31.0 Å². The molecule has 0 atom stereocenters. The number of aromatic nitrogens is 4. The lowest BCUT2D eigenvalue weighted by atomic mass is 10.2. The van der Waals surface area contributed by atoms with Crippen LogP contribution in [0.5, 0.6) is 11.5 Å². The van der Waals surface area contributed by atoms with E-state index in [2.05, 4.69) is 27.6 Å². The molecule has 0 saturated carbocycles. The Hall–Kier alpha value is -3.05. The predicted molar refractivity (Wildman–Crippen MR) is 126 cm³/mol. The van der Waals surface area contributed by atoms with E-state index < -0.39 is 0 Å². The number of hydrogen-bond acceptors (Lipinski definition) is 9. The van der Waals surface area contributed by atoms with Crippen molar-refractivity contribution in [3.63, 3.8) is 0 Å². The van der Waals surface area contributed by atoms with Gasteiger partial charge in [-0.25, -0.2) is 14.6 Å². The summed E-state index contributed by atoms with van der Waals surface area (Å²) in [7, 11) is 0. The van der Waals surface area contributed by atoms with Crippen molar-refractivity contribution >= 4 is 34.5 Å². The predicted octanol–water partition coefficient (Wildman–Crippen LogP) is 2.94. The standard InChI is InChI=1S/C22H28N6O4S/c1-3-11-33-22-26-19(23-8-10-30-4-2)16-13-25-28(20(16)27-22)9-7-24-21(29)15-5-6-17-18(12-15)32-14-31-17/h5-6,12-13H,3-4,7-11,14H2,1-2H3,(H,24,29)(H,23,26,27). The molecule has 0 unspecified atom stereocenters. The molecule has 0 spiro atoms. The summed E-state index contributed by atoms with van der Waals surface area (Å²) in [6, 6.07) is 5.15. The molecule has 1 aromatic carbocycles. The summed E-state index contributed by atoms with van der Waals surface area (Å²) >= 11 is 1.61. The van der Waals surface area contributed by atoms with Gasteiger partial charge in [-0.1, -0.05) is 18.7 Å². The van der Waals surface area contributed by atoms with Crippen LogP contribution in [0.1, 0.15) is 30.6 Å². The van der Waals surface area contributed by atoms with Crippen LogP contribution in [0.25, 0.3) is 11.0 Å². The summed E-state index contributed by atoms with van der Waals surface area (Å²) in [6.45, 7) is 7.07. The number of nitrogens with one attached hydrogen (secondary N) is 2. The quantitative estimate of drug-likeness (QED) is 0.233. The van der Waals surface area contributed by atoms with Crippen LogP contribution in [0.3, 0.4) is 0 Å². The molecule has 3 aromatic rings. The van der Waals surface area contributed by atoms with Gasteiger partial charge in [-0.05, 0) is 31.5 Å². The highest BCUT2D eigenvalue weighted by molar-refractivity contribution is 7.99. The molecular weight excluding hydrogens is 444 g/mol. The van der Waals surface area contributed by atoms with Gasteiger partial charge < -0.3 is 24.8 Å². The number of ether oxygens (including phenoxy) is 3. The summed E-state index contributed by atoms with van der Waals surface area (Å²) in [5.41, 5.74) is 1.26. The van der Waals surface area contributed by atoms with Crippen LogP contribution in [0.2, 0.25) is 0 Å². The van der Waals surface area contributed by atoms with Gasteiger partial charge in [0.1, 0.15) is 5.82 Å². The largest absolute Gasteiger partial charge is 0.454 e. The fraction of sp³-hybridized carbons (Fsp3) is 0.455. The highest BCUT2D eigenvalue weighted by Crippen LogP contribution is 2.32. The van der Waals surface area contributed by atoms with E-state index in [0.717, 1.165) is 29.0 Å². The van der Waals surface area contributed by atoms with Gasteiger partial charge in [-0.2, -0.15) is 5.10 Å². The second-order valence-corrected chi connectivity index (χ2v) is 8.32. The number of rotatable bonds is 12. The maximum atomic E-state index is 12.5. The molecule has 1 amide bonds. The molecule has 10 nitrogen and oxygen atoms in total. The van der Waals surface area contributed by atoms with Crippen LogP contribution in [-0.4, -0.2) is 64.5 Å². The average Bonchev–Trinajstić information content (AvgIpc) is 3.47. The first-order valence-electron chi connectivity index (χ1n) is 11.1. The fourth-order valence-corrected chi connectivity index (χ4v) is 3.99. The van der Waals surface area contributed by atoms with E-state index in [1.807, 2.05) is 6.92 Å². The van der Waals surface area contributed by atoms with Gasteiger partial charge in [0.2, 0.25) is 6.79 Å². The Morgan fingerprint density at radius 1 is 1.21 bits per heavy atom. The molecular formula is C22H28N6O4S. The van der Waals surface area contributed by atoms with Crippen molar-refractivity contribution in [1.82, 2.24) is 25.1 Å². The highest BCUT2D eigenvalue weighted by Gasteiger charge is 2.17. The van der Waals surface area contributed by atoms with E-state index in [0.29, 0.717) is 55.1 Å².